The molecular weight excluding hydrogens is 292 g/mol. The van der Waals surface area contributed by atoms with Crippen LogP contribution in [0.5, 0.6) is 0 Å². The van der Waals surface area contributed by atoms with Crippen LogP contribution in [0.1, 0.15) is 44.5 Å². The first-order valence-corrected chi connectivity index (χ1v) is 8.85. The predicted molar refractivity (Wildman–Crippen MR) is 94.2 cm³/mol. The molecule has 0 aliphatic heterocycles. The van der Waals surface area contributed by atoms with Crippen molar-refractivity contribution in [2.24, 2.45) is 5.92 Å². The molecule has 0 fully saturated rings. The van der Waals surface area contributed by atoms with Crippen molar-refractivity contribution in [1.82, 2.24) is 4.98 Å². The van der Waals surface area contributed by atoms with Gasteiger partial charge in [-0.25, -0.2) is 4.98 Å². The first kappa shape index (κ1) is 16.7. The van der Waals surface area contributed by atoms with Crippen molar-refractivity contribution >= 4 is 22.9 Å². The van der Waals surface area contributed by atoms with E-state index in [0.717, 1.165) is 47.6 Å². The molecule has 1 heterocycles. The fourth-order valence-corrected chi connectivity index (χ4v) is 3.22. The predicted octanol–water partition coefficient (Wildman–Crippen LogP) is 5.27. The van der Waals surface area contributed by atoms with Crippen molar-refractivity contribution in [3.63, 3.8) is 0 Å². The molecule has 0 spiro atoms. The summed E-state index contributed by atoms with van der Waals surface area (Å²) in [6.07, 6.45) is 3.97. The Morgan fingerprint density at radius 3 is 2.59 bits per heavy atom. The molecule has 0 aliphatic carbocycles. The highest BCUT2D eigenvalue weighted by atomic mass is 32.1. The Balaban J connectivity index is 2.11. The van der Waals surface area contributed by atoms with E-state index in [4.69, 9.17) is 0 Å². The third kappa shape index (κ3) is 4.41. The van der Waals surface area contributed by atoms with Gasteiger partial charge in [-0.2, -0.15) is 0 Å². The minimum atomic E-state index is 0.111. The monoisotopic (exact) mass is 316 g/mol. The Labute approximate surface area is 136 Å². The van der Waals surface area contributed by atoms with Gasteiger partial charge < -0.3 is 5.32 Å². The molecule has 1 N–H and O–H groups in total. The molecule has 1 amide bonds. The van der Waals surface area contributed by atoms with Crippen molar-refractivity contribution < 1.29 is 4.79 Å². The van der Waals surface area contributed by atoms with Gasteiger partial charge in [0, 0.05) is 22.5 Å². The summed E-state index contributed by atoms with van der Waals surface area (Å²) in [6, 6.07) is 7.94. The molecule has 1 aromatic heterocycles. The number of anilines is 1. The average molecular weight is 316 g/mol. The van der Waals surface area contributed by atoms with E-state index < -0.39 is 0 Å². The molecule has 22 heavy (non-hydrogen) atoms. The lowest BCUT2D eigenvalue weighted by molar-refractivity contribution is -0.120. The number of hydrogen-bond acceptors (Lipinski definition) is 3. The number of benzene rings is 1. The summed E-state index contributed by atoms with van der Waals surface area (Å²) in [5.74, 6) is 0.246. The van der Waals surface area contributed by atoms with Crippen LogP contribution in [0.2, 0.25) is 0 Å². The van der Waals surface area contributed by atoms with Crippen LogP contribution in [-0.2, 0) is 4.79 Å². The molecular formula is C18H24N2OS. The summed E-state index contributed by atoms with van der Waals surface area (Å²) in [7, 11) is 0. The summed E-state index contributed by atoms with van der Waals surface area (Å²) in [4.78, 5) is 16.9. The van der Waals surface area contributed by atoms with E-state index in [-0.39, 0.29) is 11.8 Å². The number of aromatic nitrogens is 1. The number of carbonyl (C=O) groups is 1. The summed E-state index contributed by atoms with van der Waals surface area (Å²) >= 11 is 1.64. The second-order valence-corrected chi connectivity index (χ2v) is 6.66. The van der Waals surface area contributed by atoms with Crippen LogP contribution in [0, 0.1) is 12.8 Å². The summed E-state index contributed by atoms with van der Waals surface area (Å²) < 4.78 is 0. The largest absolute Gasteiger partial charge is 0.326 e. The topological polar surface area (TPSA) is 42.0 Å². The molecule has 0 saturated carbocycles. The number of nitrogens with zero attached hydrogens (tertiary/aromatic N) is 1. The van der Waals surface area contributed by atoms with E-state index in [1.165, 1.54) is 0 Å². The Morgan fingerprint density at radius 1 is 1.27 bits per heavy atom. The fourth-order valence-electron chi connectivity index (χ4n) is 2.60. The lowest BCUT2D eigenvalue weighted by atomic mass is 9.97. The van der Waals surface area contributed by atoms with Gasteiger partial charge in [0.15, 0.2) is 0 Å². The van der Waals surface area contributed by atoms with Crippen LogP contribution in [0.3, 0.4) is 0 Å². The minimum Gasteiger partial charge on any atom is -0.326 e. The molecule has 0 atom stereocenters. The summed E-state index contributed by atoms with van der Waals surface area (Å²) in [5, 5.41) is 6.17. The molecule has 0 saturated heterocycles. The van der Waals surface area contributed by atoms with Crippen LogP contribution in [0.25, 0.3) is 11.3 Å². The molecule has 1 aromatic carbocycles. The number of hydrogen-bond donors (Lipinski definition) is 1. The molecule has 2 rings (SSSR count). The second kappa shape index (κ2) is 8.08. The highest BCUT2D eigenvalue weighted by Gasteiger charge is 2.16. The SMILES string of the molecule is CCCC(CCC)C(=O)Nc1cccc(-c2csc(C)n2)c1. The zero-order chi connectivity index (χ0) is 15.9. The van der Waals surface area contributed by atoms with Crippen molar-refractivity contribution in [3.8, 4) is 11.3 Å². The third-order valence-electron chi connectivity index (χ3n) is 3.69. The van der Waals surface area contributed by atoms with Gasteiger partial charge in [-0.3, -0.25) is 4.79 Å². The molecule has 4 heteroatoms. The Kier molecular flexibility index (Phi) is 6.13. The highest BCUT2D eigenvalue weighted by molar-refractivity contribution is 7.09. The van der Waals surface area contributed by atoms with Crippen LogP contribution >= 0.6 is 11.3 Å². The van der Waals surface area contributed by atoms with Gasteiger partial charge in [0.25, 0.3) is 0 Å². The number of amides is 1. The van der Waals surface area contributed by atoms with Crippen molar-refractivity contribution in [1.29, 1.82) is 0 Å². The summed E-state index contributed by atoms with van der Waals surface area (Å²) in [5.41, 5.74) is 2.87. The molecule has 2 aromatic rings. The maximum Gasteiger partial charge on any atom is 0.227 e. The minimum absolute atomic E-state index is 0.111. The van der Waals surface area contributed by atoms with Crippen LogP contribution < -0.4 is 5.32 Å². The van der Waals surface area contributed by atoms with E-state index >= 15 is 0 Å². The standard InChI is InChI=1S/C18H24N2OS/c1-4-7-14(8-5-2)18(21)20-16-10-6-9-15(11-16)17-12-22-13(3)19-17/h6,9-12,14H,4-5,7-8H2,1-3H3,(H,20,21). The Bertz CT molecular complexity index is 615. The fraction of sp³-hybridized carbons (Fsp3) is 0.444. The first-order valence-electron chi connectivity index (χ1n) is 7.97. The zero-order valence-electron chi connectivity index (χ0n) is 13.6. The highest BCUT2D eigenvalue weighted by Crippen LogP contribution is 2.25. The van der Waals surface area contributed by atoms with Gasteiger partial charge in [-0.1, -0.05) is 38.8 Å². The van der Waals surface area contributed by atoms with E-state index in [9.17, 15) is 4.79 Å². The van der Waals surface area contributed by atoms with E-state index in [1.54, 1.807) is 11.3 Å². The van der Waals surface area contributed by atoms with Crippen LogP contribution in [-0.4, -0.2) is 10.9 Å². The molecule has 0 bridgehead atoms. The third-order valence-corrected chi connectivity index (χ3v) is 4.46. The Morgan fingerprint density at radius 2 is 2.00 bits per heavy atom. The normalized spacial score (nSPS) is 10.9. The van der Waals surface area contributed by atoms with Crippen molar-refractivity contribution in [2.75, 3.05) is 5.32 Å². The van der Waals surface area contributed by atoms with Gasteiger partial charge in [-0.05, 0) is 31.9 Å². The zero-order valence-corrected chi connectivity index (χ0v) is 14.4. The summed E-state index contributed by atoms with van der Waals surface area (Å²) in [6.45, 7) is 6.25. The molecule has 118 valence electrons. The van der Waals surface area contributed by atoms with Gasteiger partial charge >= 0.3 is 0 Å². The smallest absolute Gasteiger partial charge is 0.227 e. The molecule has 3 nitrogen and oxygen atoms in total. The average Bonchev–Trinajstić information content (AvgIpc) is 2.94. The quantitative estimate of drug-likeness (QED) is 0.755. The lowest BCUT2D eigenvalue weighted by Crippen LogP contribution is -2.22. The Hall–Kier alpha value is -1.68. The number of nitrogens with one attached hydrogen (secondary N) is 1. The van der Waals surface area contributed by atoms with Gasteiger partial charge in [0.2, 0.25) is 5.91 Å². The number of thiazole rings is 1. The number of aryl methyl sites for hydroxylation is 1. The second-order valence-electron chi connectivity index (χ2n) is 5.60. The van der Waals surface area contributed by atoms with E-state index in [1.807, 2.05) is 36.6 Å². The lowest BCUT2D eigenvalue weighted by Gasteiger charge is -2.15. The van der Waals surface area contributed by atoms with Crippen LogP contribution in [0.15, 0.2) is 29.6 Å². The number of rotatable bonds is 7. The van der Waals surface area contributed by atoms with Crippen molar-refractivity contribution in [3.05, 3.63) is 34.7 Å². The van der Waals surface area contributed by atoms with Gasteiger partial charge in [0.05, 0.1) is 10.7 Å². The maximum absolute atomic E-state index is 12.4. The van der Waals surface area contributed by atoms with Crippen molar-refractivity contribution in [2.45, 2.75) is 46.5 Å². The number of carbonyl (C=O) groups excluding carboxylic acids is 1. The maximum atomic E-state index is 12.4. The first-order chi connectivity index (χ1) is 10.6. The molecule has 0 unspecified atom stereocenters. The van der Waals surface area contributed by atoms with Gasteiger partial charge in [0.1, 0.15) is 0 Å². The molecule has 0 aliphatic rings. The van der Waals surface area contributed by atoms with Crippen LogP contribution in [0.4, 0.5) is 5.69 Å². The van der Waals surface area contributed by atoms with E-state index in [0.29, 0.717) is 0 Å². The van der Waals surface area contributed by atoms with Gasteiger partial charge in [-0.15, -0.1) is 11.3 Å². The van der Waals surface area contributed by atoms with E-state index in [2.05, 4.69) is 24.1 Å². The molecule has 0 radical (unpaired) electrons.